The average Bonchev–Trinajstić information content (AvgIpc) is 3.15. The fourth-order valence-electron chi connectivity index (χ4n) is 4.21. The van der Waals surface area contributed by atoms with Gasteiger partial charge in [-0.25, -0.2) is 8.42 Å². The summed E-state index contributed by atoms with van der Waals surface area (Å²) in [4.78, 5) is 7.67. The number of benzene rings is 1. The standard InChI is InChI=1S/C24H30N4O3S2/c1-15-11-23(32-24(15)20-8-6-7-16(2)26-20)33(29,30)27-21-12-19(9-10-22(21)31-5)28-13-17(3)25-18(4)14-28/h6-12,17-18,25,27H,13-14H2,1-5H3. The third-order valence-electron chi connectivity index (χ3n) is 5.63. The van der Waals surface area contributed by atoms with E-state index in [9.17, 15) is 8.42 Å². The van der Waals surface area contributed by atoms with Gasteiger partial charge >= 0.3 is 0 Å². The highest BCUT2D eigenvalue weighted by Crippen LogP contribution is 2.37. The molecule has 2 aromatic heterocycles. The summed E-state index contributed by atoms with van der Waals surface area (Å²) in [6, 6.07) is 13.8. The highest BCUT2D eigenvalue weighted by Gasteiger charge is 2.25. The zero-order valence-corrected chi connectivity index (χ0v) is 21.2. The second kappa shape index (κ2) is 9.32. The first kappa shape index (κ1) is 23.5. The quantitative estimate of drug-likeness (QED) is 0.537. The van der Waals surface area contributed by atoms with Gasteiger partial charge in [0.1, 0.15) is 9.96 Å². The number of nitrogens with one attached hydrogen (secondary N) is 2. The van der Waals surface area contributed by atoms with Crippen LogP contribution in [-0.2, 0) is 10.0 Å². The topological polar surface area (TPSA) is 83.6 Å². The molecular weight excluding hydrogens is 456 g/mol. The zero-order valence-electron chi connectivity index (χ0n) is 19.5. The first-order valence-corrected chi connectivity index (χ1v) is 13.2. The predicted octanol–water partition coefficient (Wildman–Crippen LogP) is 4.42. The summed E-state index contributed by atoms with van der Waals surface area (Å²) in [6.07, 6.45) is 0. The molecule has 0 aliphatic carbocycles. The van der Waals surface area contributed by atoms with Crippen molar-refractivity contribution in [2.45, 2.75) is 44.0 Å². The van der Waals surface area contributed by atoms with E-state index in [0.717, 1.165) is 40.6 Å². The van der Waals surface area contributed by atoms with Crippen LogP contribution >= 0.6 is 11.3 Å². The minimum Gasteiger partial charge on any atom is -0.495 e. The summed E-state index contributed by atoms with van der Waals surface area (Å²) in [5, 5.41) is 3.52. The van der Waals surface area contributed by atoms with E-state index in [1.54, 1.807) is 13.2 Å². The van der Waals surface area contributed by atoms with Crippen LogP contribution in [0.1, 0.15) is 25.1 Å². The third kappa shape index (κ3) is 5.15. The Morgan fingerprint density at radius 1 is 1.12 bits per heavy atom. The average molecular weight is 487 g/mol. The number of aryl methyl sites for hydroxylation is 2. The molecule has 3 aromatic rings. The molecule has 0 saturated carbocycles. The zero-order chi connectivity index (χ0) is 23.8. The lowest BCUT2D eigenvalue weighted by atomic mass is 10.1. The largest absolute Gasteiger partial charge is 0.495 e. The van der Waals surface area contributed by atoms with Crippen LogP contribution in [0.4, 0.5) is 11.4 Å². The van der Waals surface area contributed by atoms with E-state index in [-0.39, 0.29) is 4.21 Å². The molecule has 1 aliphatic rings. The van der Waals surface area contributed by atoms with Crippen molar-refractivity contribution >= 4 is 32.7 Å². The third-order valence-corrected chi connectivity index (χ3v) is 8.73. The number of pyridine rings is 1. The van der Waals surface area contributed by atoms with Gasteiger partial charge in [-0.1, -0.05) is 6.07 Å². The lowest BCUT2D eigenvalue weighted by Gasteiger charge is -2.38. The van der Waals surface area contributed by atoms with Crippen molar-refractivity contribution in [3.8, 4) is 16.3 Å². The Bertz CT molecular complexity index is 1250. The maximum atomic E-state index is 13.3. The van der Waals surface area contributed by atoms with Gasteiger partial charge in [0.15, 0.2) is 0 Å². The molecule has 33 heavy (non-hydrogen) atoms. The van der Waals surface area contributed by atoms with Gasteiger partial charge in [-0.3, -0.25) is 9.71 Å². The van der Waals surface area contributed by atoms with Gasteiger partial charge in [-0.2, -0.15) is 0 Å². The molecule has 2 unspecified atom stereocenters. The predicted molar refractivity (Wildman–Crippen MR) is 135 cm³/mol. The number of rotatable bonds is 6. The molecule has 0 bridgehead atoms. The maximum Gasteiger partial charge on any atom is 0.271 e. The van der Waals surface area contributed by atoms with E-state index in [1.165, 1.54) is 11.3 Å². The number of methoxy groups -OCH3 is 1. The highest BCUT2D eigenvalue weighted by atomic mass is 32.2. The van der Waals surface area contributed by atoms with E-state index in [2.05, 4.69) is 33.8 Å². The SMILES string of the molecule is COc1ccc(N2CC(C)NC(C)C2)cc1NS(=O)(=O)c1cc(C)c(-c2cccc(C)n2)s1. The fourth-order valence-corrected chi connectivity index (χ4v) is 6.78. The molecular formula is C24H30N4O3S2. The van der Waals surface area contributed by atoms with Crippen LogP contribution in [-0.4, -0.2) is 45.7 Å². The van der Waals surface area contributed by atoms with Gasteiger partial charge in [-0.15, -0.1) is 11.3 Å². The first-order chi connectivity index (χ1) is 15.7. The lowest BCUT2D eigenvalue weighted by Crippen LogP contribution is -2.54. The van der Waals surface area contributed by atoms with E-state index >= 15 is 0 Å². The molecule has 7 nitrogen and oxygen atoms in total. The summed E-state index contributed by atoms with van der Waals surface area (Å²) in [7, 11) is -2.26. The van der Waals surface area contributed by atoms with Crippen LogP contribution in [0.25, 0.3) is 10.6 Å². The summed E-state index contributed by atoms with van der Waals surface area (Å²) < 4.78 is 35.1. The summed E-state index contributed by atoms with van der Waals surface area (Å²) in [6.45, 7) is 9.82. The van der Waals surface area contributed by atoms with Crippen LogP contribution in [0.5, 0.6) is 5.75 Å². The lowest BCUT2D eigenvalue weighted by molar-refractivity contribution is 0.406. The monoisotopic (exact) mass is 486 g/mol. The number of nitrogens with zero attached hydrogens (tertiary/aromatic N) is 2. The van der Waals surface area contributed by atoms with Crippen LogP contribution < -0.4 is 19.7 Å². The molecule has 1 aliphatic heterocycles. The number of hydrogen-bond acceptors (Lipinski definition) is 7. The Labute approximate surface area is 199 Å². The van der Waals surface area contributed by atoms with E-state index in [0.29, 0.717) is 23.5 Å². The Kier molecular flexibility index (Phi) is 6.65. The normalized spacial score (nSPS) is 18.9. The number of aromatic nitrogens is 1. The van der Waals surface area contributed by atoms with Crippen LogP contribution in [0.3, 0.4) is 0 Å². The molecule has 0 spiro atoms. The minimum absolute atomic E-state index is 0.246. The van der Waals surface area contributed by atoms with Crippen molar-refractivity contribution in [2.24, 2.45) is 0 Å². The molecule has 1 fully saturated rings. The fraction of sp³-hybridized carbons (Fsp3) is 0.375. The van der Waals surface area contributed by atoms with Crippen LogP contribution in [0.15, 0.2) is 46.7 Å². The Morgan fingerprint density at radius 2 is 1.85 bits per heavy atom. The Morgan fingerprint density at radius 3 is 2.52 bits per heavy atom. The second-order valence-corrected chi connectivity index (χ2v) is 11.6. The summed E-state index contributed by atoms with van der Waals surface area (Å²) >= 11 is 1.22. The van der Waals surface area contributed by atoms with Gasteiger partial charge in [0.2, 0.25) is 0 Å². The molecule has 1 saturated heterocycles. The van der Waals surface area contributed by atoms with Crippen molar-refractivity contribution in [3.05, 3.63) is 53.7 Å². The molecule has 4 rings (SSSR count). The number of hydrogen-bond donors (Lipinski definition) is 2. The van der Waals surface area contributed by atoms with Crippen molar-refractivity contribution in [1.82, 2.24) is 10.3 Å². The molecule has 9 heteroatoms. The molecule has 2 N–H and O–H groups in total. The summed E-state index contributed by atoms with van der Waals surface area (Å²) in [5.74, 6) is 0.479. The number of sulfonamides is 1. The van der Waals surface area contributed by atoms with Gasteiger partial charge in [0, 0.05) is 36.6 Å². The minimum atomic E-state index is -3.80. The van der Waals surface area contributed by atoms with Crippen molar-refractivity contribution < 1.29 is 13.2 Å². The van der Waals surface area contributed by atoms with Crippen molar-refractivity contribution in [1.29, 1.82) is 0 Å². The number of ether oxygens (including phenoxy) is 1. The number of thiophene rings is 1. The molecule has 1 aromatic carbocycles. The molecule has 3 heterocycles. The second-order valence-electron chi connectivity index (χ2n) is 8.61. The Hall–Kier alpha value is -2.62. The van der Waals surface area contributed by atoms with Gasteiger partial charge in [0.25, 0.3) is 10.0 Å². The smallest absolute Gasteiger partial charge is 0.271 e. The number of anilines is 2. The summed E-state index contributed by atoms with van der Waals surface area (Å²) in [5.41, 5.74) is 3.93. The van der Waals surface area contributed by atoms with Gasteiger partial charge < -0.3 is 15.0 Å². The van der Waals surface area contributed by atoms with Crippen molar-refractivity contribution in [3.63, 3.8) is 0 Å². The molecule has 176 valence electrons. The van der Waals surface area contributed by atoms with Gasteiger partial charge in [0.05, 0.1) is 23.4 Å². The molecule has 0 amide bonds. The molecule has 2 atom stereocenters. The molecule has 0 radical (unpaired) electrons. The van der Waals surface area contributed by atoms with Gasteiger partial charge in [-0.05, 0) is 69.7 Å². The van der Waals surface area contributed by atoms with Crippen LogP contribution in [0, 0.1) is 13.8 Å². The van der Waals surface area contributed by atoms with E-state index < -0.39 is 10.0 Å². The first-order valence-electron chi connectivity index (χ1n) is 10.9. The Balaban J connectivity index is 1.65. The maximum absolute atomic E-state index is 13.3. The van der Waals surface area contributed by atoms with E-state index in [4.69, 9.17) is 4.74 Å². The number of piperazine rings is 1. The van der Waals surface area contributed by atoms with E-state index in [1.807, 2.05) is 50.2 Å². The highest BCUT2D eigenvalue weighted by molar-refractivity contribution is 7.94. The van der Waals surface area contributed by atoms with Crippen LogP contribution in [0.2, 0.25) is 0 Å². The van der Waals surface area contributed by atoms with Crippen molar-refractivity contribution in [2.75, 3.05) is 29.8 Å².